The summed E-state index contributed by atoms with van der Waals surface area (Å²) in [6, 6.07) is 9.97. The van der Waals surface area contributed by atoms with Crippen LogP contribution in [0.15, 0.2) is 42.6 Å². The molecule has 0 radical (unpaired) electrons. The number of nitrogens with two attached hydrogens (primary N) is 1. The van der Waals surface area contributed by atoms with Crippen molar-refractivity contribution in [1.82, 2.24) is 10.3 Å². The van der Waals surface area contributed by atoms with Gasteiger partial charge in [0.1, 0.15) is 11.4 Å². The number of pyridine rings is 1. The molecule has 0 aliphatic heterocycles. The highest BCUT2D eigenvalue weighted by Crippen LogP contribution is 2.20. The van der Waals surface area contributed by atoms with Crippen molar-refractivity contribution in [2.45, 2.75) is 6.42 Å². The van der Waals surface area contributed by atoms with Crippen LogP contribution in [0.5, 0.6) is 5.75 Å². The number of carbonyl (C=O) groups excluding carboxylic acids is 2. The summed E-state index contributed by atoms with van der Waals surface area (Å²) >= 11 is 0. The summed E-state index contributed by atoms with van der Waals surface area (Å²) in [7, 11) is 1.52. The van der Waals surface area contributed by atoms with E-state index in [1.165, 1.54) is 13.3 Å². The lowest BCUT2D eigenvalue weighted by Crippen LogP contribution is -2.26. The second kappa shape index (κ2) is 7.21. The molecule has 0 aliphatic carbocycles. The van der Waals surface area contributed by atoms with Crippen molar-refractivity contribution in [2.24, 2.45) is 0 Å². The first-order valence-corrected chi connectivity index (χ1v) is 6.77. The molecule has 0 atom stereocenters. The number of nitrogens with one attached hydrogen (secondary N) is 1. The Kier molecular flexibility index (Phi) is 5.08. The van der Waals surface area contributed by atoms with Gasteiger partial charge in [0, 0.05) is 30.4 Å². The van der Waals surface area contributed by atoms with Gasteiger partial charge in [0.25, 0.3) is 5.91 Å². The highest BCUT2D eigenvalue weighted by atomic mass is 16.5. The Bertz CT molecular complexity index is 672. The fourth-order valence-electron chi connectivity index (χ4n) is 1.92. The normalized spacial score (nSPS) is 10.0. The Morgan fingerprint density at radius 3 is 2.77 bits per heavy atom. The molecule has 0 saturated heterocycles. The first kappa shape index (κ1) is 15.5. The Morgan fingerprint density at radius 2 is 2.09 bits per heavy atom. The van der Waals surface area contributed by atoms with E-state index in [2.05, 4.69) is 10.3 Å². The zero-order chi connectivity index (χ0) is 15.9. The van der Waals surface area contributed by atoms with Crippen LogP contribution in [-0.4, -0.2) is 30.3 Å². The van der Waals surface area contributed by atoms with E-state index in [9.17, 15) is 9.59 Å². The first-order valence-electron chi connectivity index (χ1n) is 6.77. The molecule has 2 rings (SSSR count). The average molecular weight is 299 g/mol. The van der Waals surface area contributed by atoms with Crippen LogP contribution in [0.4, 0.5) is 5.69 Å². The van der Waals surface area contributed by atoms with Crippen LogP contribution in [-0.2, 0) is 0 Å². The van der Waals surface area contributed by atoms with E-state index in [1.807, 2.05) is 0 Å². The maximum absolute atomic E-state index is 12.1. The standard InChI is InChI=1S/C16H17N3O3/c1-22-11-5-6-13(17)12(10-11)15(20)7-9-19-16(21)14-4-2-3-8-18-14/h2-6,8,10H,7,9,17H2,1H3,(H,19,21). The van der Waals surface area contributed by atoms with E-state index in [0.717, 1.165) is 0 Å². The Labute approximate surface area is 128 Å². The summed E-state index contributed by atoms with van der Waals surface area (Å²) in [6.45, 7) is 0.213. The predicted molar refractivity (Wildman–Crippen MR) is 82.9 cm³/mol. The topological polar surface area (TPSA) is 94.3 Å². The van der Waals surface area contributed by atoms with Gasteiger partial charge in [-0.15, -0.1) is 0 Å². The second-order valence-electron chi connectivity index (χ2n) is 4.60. The molecule has 114 valence electrons. The number of methoxy groups -OCH3 is 1. The summed E-state index contributed by atoms with van der Waals surface area (Å²) in [5, 5.41) is 2.65. The molecular weight excluding hydrogens is 282 g/mol. The third-order valence-electron chi connectivity index (χ3n) is 3.10. The third kappa shape index (κ3) is 3.82. The first-order chi connectivity index (χ1) is 10.6. The number of ether oxygens (including phenoxy) is 1. The number of amides is 1. The fraction of sp³-hybridized carbons (Fsp3) is 0.188. The quantitative estimate of drug-likeness (QED) is 0.625. The number of carbonyl (C=O) groups is 2. The number of hydrogen-bond donors (Lipinski definition) is 2. The highest BCUT2D eigenvalue weighted by molar-refractivity contribution is 6.01. The van der Waals surface area contributed by atoms with E-state index in [0.29, 0.717) is 22.7 Å². The van der Waals surface area contributed by atoms with Crippen molar-refractivity contribution < 1.29 is 14.3 Å². The molecule has 2 aromatic rings. The van der Waals surface area contributed by atoms with Gasteiger partial charge in [0.2, 0.25) is 0 Å². The van der Waals surface area contributed by atoms with E-state index in [1.54, 1.807) is 36.4 Å². The van der Waals surface area contributed by atoms with Crippen LogP contribution in [0.2, 0.25) is 0 Å². The Morgan fingerprint density at radius 1 is 1.27 bits per heavy atom. The molecule has 1 amide bonds. The van der Waals surface area contributed by atoms with Gasteiger partial charge in [0.05, 0.1) is 7.11 Å². The number of aromatic nitrogens is 1. The molecule has 6 nitrogen and oxygen atoms in total. The minimum Gasteiger partial charge on any atom is -0.497 e. The molecule has 0 unspecified atom stereocenters. The van der Waals surface area contributed by atoms with Gasteiger partial charge in [-0.3, -0.25) is 14.6 Å². The Hall–Kier alpha value is -2.89. The molecule has 1 heterocycles. The molecule has 0 fully saturated rings. The molecule has 22 heavy (non-hydrogen) atoms. The fourth-order valence-corrected chi connectivity index (χ4v) is 1.92. The lowest BCUT2D eigenvalue weighted by molar-refractivity contribution is 0.0936. The smallest absolute Gasteiger partial charge is 0.269 e. The number of benzene rings is 1. The number of nitrogen functional groups attached to an aromatic ring is 1. The monoisotopic (exact) mass is 299 g/mol. The highest BCUT2D eigenvalue weighted by Gasteiger charge is 2.12. The lowest BCUT2D eigenvalue weighted by Gasteiger charge is -2.08. The maximum Gasteiger partial charge on any atom is 0.269 e. The van der Waals surface area contributed by atoms with Crippen LogP contribution in [0, 0.1) is 0 Å². The number of rotatable bonds is 6. The van der Waals surface area contributed by atoms with Crippen molar-refractivity contribution in [3.05, 3.63) is 53.9 Å². The molecule has 0 spiro atoms. The number of ketones is 1. The van der Waals surface area contributed by atoms with Crippen LogP contribution in [0.1, 0.15) is 27.3 Å². The van der Waals surface area contributed by atoms with Gasteiger partial charge in [-0.05, 0) is 30.3 Å². The largest absolute Gasteiger partial charge is 0.497 e. The summed E-state index contributed by atoms with van der Waals surface area (Å²) < 4.78 is 5.07. The zero-order valence-electron chi connectivity index (χ0n) is 12.2. The van der Waals surface area contributed by atoms with E-state index in [4.69, 9.17) is 10.5 Å². The molecule has 1 aromatic heterocycles. The van der Waals surface area contributed by atoms with Crippen LogP contribution in [0.3, 0.4) is 0 Å². The molecular formula is C16H17N3O3. The number of anilines is 1. The SMILES string of the molecule is COc1ccc(N)c(C(=O)CCNC(=O)c2ccccn2)c1. The summed E-state index contributed by atoms with van der Waals surface area (Å²) in [5.74, 6) is 0.0970. The van der Waals surface area contributed by atoms with Crippen LogP contribution < -0.4 is 15.8 Å². The molecule has 1 aromatic carbocycles. The van der Waals surface area contributed by atoms with Gasteiger partial charge in [0.15, 0.2) is 5.78 Å². The number of nitrogens with zero attached hydrogens (tertiary/aromatic N) is 1. The van der Waals surface area contributed by atoms with E-state index < -0.39 is 0 Å². The minimum absolute atomic E-state index is 0.149. The minimum atomic E-state index is -0.313. The molecule has 0 saturated carbocycles. The predicted octanol–water partition coefficient (Wildman–Crippen LogP) is 1.68. The van der Waals surface area contributed by atoms with Crippen molar-refractivity contribution in [3.8, 4) is 5.75 Å². The maximum atomic E-state index is 12.1. The zero-order valence-corrected chi connectivity index (χ0v) is 12.2. The van der Waals surface area contributed by atoms with Crippen molar-refractivity contribution in [3.63, 3.8) is 0 Å². The van der Waals surface area contributed by atoms with Gasteiger partial charge in [-0.2, -0.15) is 0 Å². The van der Waals surface area contributed by atoms with Gasteiger partial charge in [-0.1, -0.05) is 6.07 Å². The second-order valence-corrected chi connectivity index (χ2v) is 4.60. The van der Waals surface area contributed by atoms with Gasteiger partial charge >= 0.3 is 0 Å². The Balaban J connectivity index is 1.92. The van der Waals surface area contributed by atoms with Crippen LogP contribution >= 0.6 is 0 Å². The third-order valence-corrected chi connectivity index (χ3v) is 3.10. The van der Waals surface area contributed by atoms with Crippen molar-refractivity contribution in [1.29, 1.82) is 0 Å². The van der Waals surface area contributed by atoms with Crippen molar-refractivity contribution in [2.75, 3.05) is 19.4 Å². The summed E-state index contributed by atoms with van der Waals surface area (Å²) in [5.41, 5.74) is 6.89. The van der Waals surface area contributed by atoms with Crippen LogP contribution in [0.25, 0.3) is 0 Å². The van der Waals surface area contributed by atoms with E-state index >= 15 is 0 Å². The molecule has 6 heteroatoms. The van der Waals surface area contributed by atoms with Gasteiger partial charge < -0.3 is 15.8 Å². The average Bonchev–Trinajstić information content (AvgIpc) is 2.55. The lowest BCUT2D eigenvalue weighted by atomic mass is 10.1. The van der Waals surface area contributed by atoms with Crippen molar-refractivity contribution >= 4 is 17.4 Å². The molecule has 3 N–H and O–H groups in total. The number of hydrogen-bond acceptors (Lipinski definition) is 5. The van der Waals surface area contributed by atoms with Gasteiger partial charge in [-0.25, -0.2) is 0 Å². The number of Topliss-reactive ketones (excluding diaryl/α,β-unsaturated/α-hetero) is 1. The summed E-state index contributed by atoms with van der Waals surface area (Å²) in [6.07, 6.45) is 1.69. The molecule has 0 bridgehead atoms. The molecule has 0 aliphatic rings. The van der Waals surface area contributed by atoms with E-state index in [-0.39, 0.29) is 24.7 Å². The summed E-state index contributed by atoms with van der Waals surface area (Å²) in [4.78, 5) is 27.9.